The second kappa shape index (κ2) is 5.95. The van der Waals surface area contributed by atoms with E-state index in [0.717, 1.165) is 5.69 Å². The lowest BCUT2D eigenvalue weighted by Crippen LogP contribution is -2.29. The van der Waals surface area contributed by atoms with Crippen LogP contribution < -0.4 is 16.8 Å². The van der Waals surface area contributed by atoms with E-state index < -0.39 is 5.91 Å². The van der Waals surface area contributed by atoms with E-state index in [9.17, 15) is 4.79 Å². The molecule has 1 aliphatic carbocycles. The van der Waals surface area contributed by atoms with Crippen molar-refractivity contribution in [1.29, 1.82) is 0 Å². The molecular formula is C15H23N3O. The molecule has 1 aromatic carbocycles. The summed E-state index contributed by atoms with van der Waals surface area (Å²) in [7, 11) is 0. The molecule has 0 bridgehead atoms. The number of rotatable bonds is 4. The molecular weight excluding hydrogens is 238 g/mol. The summed E-state index contributed by atoms with van der Waals surface area (Å²) in [6, 6.07) is 5.52. The summed E-state index contributed by atoms with van der Waals surface area (Å²) in [5.41, 5.74) is 13.1. The molecule has 5 N–H and O–H groups in total. The van der Waals surface area contributed by atoms with Crippen molar-refractivity contribution in [3.05, 3.63) is 23.8 Å². The van der Waals surface area contributed by atoms with Crippen molar-refractivity contribution >= 4 is 17.3 Å². The van der Waals surface area contributed by atoms with Crippen LogP contribution in [0.25, 0.3) is 0 Å². The Morgan fingerprint density at radius 2 is 2.00 bits per heavy atom. The van der Waals surface area contributed by atoms with Gasteiger partial charge in [-0.1, -0.05) is 19.3 Å². The Kier molecular flexibility index (Phi) is 4.30. The third-order valence-corrected chi connectivity index (χ3v) is 4.05. The number of anilines is 2. The topological polar surface area (TPSA) is 81.1 Å². The minimum absolute atomic E-state index is 0.334. The van der Waals surface area contributed by atoms with Crippen LogP contribution in [0.3, 0.4) is 0 Å². The second-order valence-corrected chi connectivity index (χ2v) is 5.50. The summed E-state index contributed by atoms with van der Waals surface area (Å²) >= 11 is 0. The van der Waals surface area contributed by atoms with Gasteiger partial charge < -0.3 is 16.8 Å². The molecule has 1 aromatic rings. The Bertz CT molecular complexity index is 453. The molecule has 0 radical (unpaired) electrons. The van der Waals surface area contributed by atoms with Crippen molar-refractivity contribution in [2.45, 2.75) is 45.1 Å². The van der Waals surface area contributed by atoms with E-state index in [-0.39, 0.29) is 0 Å². The quantitative estimate of drug-likeness (QED) is 0.729. The van der Waals surface area contributed by atoms with Crippen LogP contribution in [0.2, 0.25) is 0 Å². The maximum atomic E-state index is 11.4. The molecule has 1 saturated carbocycles. The van der Waals surface area contributed by atoms with Gasteiger partial charge in [0.1, 0.15) is 0 Å². The van der Waals surface area contributed by atoms with Crippen LogP contribution in [-0.4, -0.2) is 11.9 Å². The molecule has 0 spiro atoms. The molecule has 1 aliphatic rings. The van der Waals surface area contributed by atoms with E-state index >= 15 is 0 Å². The van der Waals surface area contributed by atoms with E-state index in [0.29, 0.717) is 23.2 Å². The highest BCUT2D eigenvalue weighted by Gasteiger charge is 2.21. The van der Waals surface area contributed by atoms with E-state index in [1.165, 1.54) is 32.1 Å². The van der Waals surface area contributed by atoms with E-state index in [2.05, 4.69) is 12.2 Å². The third kappa shape index (κ3) is 3.40. The number of hydrogen-bond donors (Lipinski definition) is 3. The number of nitrogens with two attached hydrogens (primary N) is 2. The van der Waals surface area contributed by atoms with Crippen molar-refractivity contribution in [3.63, 3.8) is 0 Å². The predicted octanol–water partition coefficient (Wildman–Crippen LogP) is 2.75. The third-order valence-electron chi connectivity index (χ3n) is 4.05. The van der Waals surface area contributed by atoms with Crippen LogP contribution in [0.5, 0.6) is 0 Å². The van der Waals surface area contributed by atoms with Crippen LogP contribution in [0.15, 0.2) is 18.2 Å². The summed E-state index contributed by atoms with van der Waals surface area (Å²) in [6.45, 7) is 2.17. The Labute approximate surface area is 114 Å². The van der Waals surface area contributed by atoms with E-state index in [1.54, 1.807) is 18.2 Å². The van der Waals surface area contributed by atoms with Gasteiger partial charge in [0.15, 0.2) is 0 Å². The number of benzene rings is 1. The first-order chi connectivity index (χ1) is 9.08. The number of hydrogen-bond acceptors (Lipinski definition) is 3. The highest BCUT2D eigenvalue weighted by atomic mass is 16.1. The fourth-order valence-corrected chi connectivity index (χ4v) is 2.89. The van der Waals surface area contributed by atoms with Crippen LogP contribution >= 0.6 is 0 Å². The minimum atomic E-state index is -0.418. The van der Waals surface area contributed by atoms with Crippen LogP contribution in [0.1, 0.15) is 49.4 Å². The van der Waals surface area contributed by atoms with Crippen molar-refractivity contribution < 1.29 is 4.79 Å². The lowest BCUT2D eigenvalue weighted by molar-refractivity contribution is 0.100. The first-order valence-electron chi connectivity index (χ1n) is 7.04. The zero-order valence-corrected chi connectivity index (χ0v) is 11.5. The summed E-state index contributed by atoms with van der Waals surface area (Å²) in [6.07, 6.45) is 6.45. The molecule has 0 aliphatic heterocycles. The molecule has 1 unspecified atom stereocenters. The number of amides is 1. The molecule has 0 heterocycles. The molecule has 1 amide bonds. The highest BCUT2D eigenvalue weighted by molar-refractivity contribution is 5.99. The maximum absolute atomic E-state index is 11.4. The first-order valence-corrected chi connectivity index (χ1v) is 7.04. The van der Waals surface area contributed by atoms with Crippen LogP contribution in [-0.2, 0) is 0 Å². The molecule has 2 rings (SSSR count). The highest BCUT2D eigenvalue weighted by Crippen LogP contribution is 2.29. The van der Waals surface area contributed by atoms with Crippen LogP contribution in [0, 0.1) is 5.92 Å². The van der Waals surface area contributed by atoms with Gasteiger partial charge >= 0.3 is 0 Å². The lowest BCUT2D eigenvalue weighted by atomic mass is 9.84. The summed E-state index contributed by atoms with van der Waals surface area (Å²) in [5.74, 6) is 0.245. The van der Waals surface area contributed by atoms with Gasteiger partial charge in [-0.25, -0.2) is 0 Å². The fourth-order valence-electron chi connectivity index (χ4n) is 2.89. The number of carbonyl (C=O) groups excluding carboxylic acids is 1. The normalized spacial score (nSPS) is 17.9. The first kappa shape index (κ1) is 13.7. The van der Waals surface area contributed by atoms with Gasteiger partial charge in [0.2, 0.25) is 0 Å². The summed E-state index contributed by atoms with van der Waals surface area (Å²) < 4.78 is 0. The van der Waals surface area contributed by atoms with Crippen molar-refractivity contribution in [1.82, 2.24) is 0 Å². The Morgan fingerprint density at radius 1 is 1.32 bits per heavy atom. The Balaban J connectivity index is 2.12. The van der Waals surface area contributed by atoms with E-state index in [4.69, 9.17) is 11.5 Å². The monoisotopic (exact) mass is 261 g/mol. The Hall–Kier alpha value is -1.71. The smallest absolute Gasteiger partial charge is 0.250 e. The van der Waals surface area contributed by atoms with Gasteiger partial charge in [-0.2, -0.15) is 0 Å². The zero-order chi connectivity index (χ0) is 13.8. The van der Waals surface area contributed by atoms with Crippen molar-refractivity contribution in [3.8, 4) is 0 Å². The van der Waals surface area contributed by atoms with Gasteiger partial charge in [0.25, 0.3) is 5.91 Å². The fraction of sp³-hybridized carbons (Fsp3) is 0.533. The Morgan fingerprint density at radius 3 is 2.63 bits per heavy atom. The zero-order valence-electron chi connectivity index (χ0n) is 11.5. The van der Waals surface area contributed by atoms with Gasteiger partial charge in [0, 0.05) is 17.4 Å². The van der Waals surface area contributed by atoms with Gasteiger partial charge in [0.05, 0.1) is 5.56 Å². The minimum Gasteiger partial charge on any atom is -0.399 e. The molecule has 1 atom stereocenters. The van der Waals surface area contributed by atoms with Gasteiger partial charge in [-0.05, 0) is 43.9 Å². The molecule has 4 heteroatoms. The van der Waals surface area contributed by atoms with Crippen molar-refractivity contribution in [2.75, 3.05) is 11.1 Å². The number of carbonyl (C=O) groups is 1. The maximum Gasteiger partial charge on any atom is 0.250 e. The number of primary amides is 1. The standard InChI is InChI=1S/C15H23N3O/c1-10(11-5-3-2-4-6-11)18-14-9-12(16)7-8-13(14)15(17)19/h7-11,18H,2-6,16H2,1H3,(H2,17,19). The van der Waals surface area contributed by atoms with Crippen molar-refractivity contribution in [2.24, 2.45) is 11.7 Å². The summed E-state index contributed by atoms with van der Waals surface area (Å²) in [4.78, 5) is 11.4. The molecule has 1 fully saturated rings. The number of nitrogen functional groups attached to an aromatic ring is 1. The molecule has 4 nitrogen and oxygen atoms in total. The van der Waals surface area contributed by atoms with Gasteiger partial charge in [-0.3, -0.25) is 4.79 Å². The summed E-state index contributed by atoms with van der Waals surface area (Å²) in [5, 5.41) is 3.42. The second-order valence-electron chi connectivity index (χ2n) is 5.50. The average Bonchev–Trinajstić information content (AvgIpc) is 2.39. The van der Waals surface area contributed by atoms with Crippen LogP contribution in [0.4, 0.5) is 11.4 Å². The largest absolute Gasteiger partial charge is 0.399 e. The average molecular weight is 261 g/mol. The van der Waals surface area contributed by atoms with Gasteiger partial charge in [-0.15, -0.1) is 0 Å². The predicted molar refractivity (Wildman–Crippen MR) is 79.0 cm³/mol. The molecule has 104 valence electrons. The SMILES string of the molecule is CC(Nc1cc(N)ccc1C(N)=O)C1CCCCC1. The van der Waals surface area contributed by atoms with E-state index in [1.807, 2.05) is 0 Å². The number of nitrogens with one attached hydrogen (secondary N) is 1. The molecule has 0 aromatic heterocycles. The lowest BCUT2D eigenvalue weighted by Gasteiger charge is -2.29. The molecule has 19 heavy (non-hydrogen) atoms. The molecule has 0 saturated heterocycles.